The first-order valence-corrected chi connectivity index (χ1v) is 13.4. The lowest BCUT2D eigenvalue weighted by Crippen LogP contribution is -2.61. The molecule has 0 radical (unpaired) electrons. The minimum Gasteiger partial charge on any atom is -0.467 e. The van der Waals surface area contributed by atoms with Crippen LogP contribution in [0, 0.1) is 28.1 Å². The van der Waals surface area contributed by atoms with Crippen LogP contribution in [0.5, 0.6) is 0 Å². The number of carbonyl (C=O) groups excluding carboxylic acids is 4. The van der Waals surface area contributed by atoms with Gasteiger partial charge in [0, 0.05) is 26.1 Å². The molecule has 218 valence electrons. The monoisotopic (exact) mass is 538 g/mol. The summed E-state index contributed by atoms with van der Waals surface area (Å²) in [5.74, 6) is -0.462. The Hall–Kier alpha value is -2.52. The Labute approximate surface area is 228 Å². The smallest absolute Gasteiger partial charge is 0.410 e. The summed E-state index contributed by atoms with van der Waals surface area (Å²) in [4.78, 5) is 55.3. The third-order valence-corrected chi connectivity index (χ3v) is 7.83. The second-order valence-electron chi connectivity index (χ2n) is 14.6. The fourth-order valence-electron chi connectivity index (χ4n) is 5.27. The normalized spacial score (nSPS) is 24.0. The average Bonchev–Trinajstić information content (AvgIpc) is 3.07. The highest BCUT2D eigenvalue weighted by Gasteiger charge is 2.70. The number of amides is 4. The highest BCUT2D eigenvalue weighted by Crippen LogP contribution is 2.65. The van der Waals surface area contributed by atoms with Crippen molar-refractivity contribution < 1.29 is 28.7 Å². The summed E-state index contributed by atoms with van der Waals surface area (Å²) in [6.07, 6.45) is -0.485. The van der Waals surface area contributed by atoms with E-state index in [1.54, 1.807) is 32.7 Å². The SMILES string of the molecule is COC(=O)[C@@H]1[C@@H]2[C@H](CN1C(=O)[C@@H](NC(=O)N[C@H](CN(C)C(=O)OC(C)(C)C)C(C)(C)C)C(C)(C)C)C2(C)C. The minimum atomic E-state index is -0.875. The lowest BCUT2D eigenvalue weighted by molar-refractivity contribution is -0.154. The van der Waals surface area contributed by atoms with Gasteiger partial charge in [-0.2, -0.15) is 0 Å². The number of rotatable bonds is 6. The molecule has 0 bridgehead atoms. The standard InChI is InChI=1S/C28H50N4O6/c1-25(2,3)17(15-31(12)24(36)38-27(7,8)9)29-23(35)30-20(26(4,5)6)21(33)32-14-16-18(28(16,10)11)19(32)22(34)37-13/h16-20H,14-15H2,1-13H3,(H2,29,30,35)/t16-,17+,18-,19-,20+/m0/s1. The van der Waals surface area contributed by atoms with Crippen molar-refractivity contribution in [1.82, 2.24) is 20.4 Å². The zero-order chi connectivity index (χ0) is 29.6. The molecule has 0 aromatic rings. The maximum atomic E-state index is 13.8. The van der Waals surface area contributed by atoms with E-state index in [4.69, 9.17) is 9.47 Å². The number of likely N-dealkylation sites (N-methyl/N-ethyl adjacent to an activating group) is 1. The van der Waals surface area contributed by atoms with Crippen LogP contribution in [0.1, 0.15) is 76.2 Å². The Kier molecular flexibility index (Phi) is 8.81. The highest BCUT2D eigenvalue weighted by molar-refractivity contribution is 5.92. The van der Waals surface area contributed by atoms with E-state index in [1.807, 2.05) is 41.5 Å². The number of likely N-dealkylation sites (tertiary alicyclic amines) is 1. The number of fused-ring (bicyclic) bond motifs is 1. The van der Waals surface area contributed by atoms with Gasteiger partial charge < -0.3 is 29.9 Å². The molecule has 2 fully saturated rings. The zero-order valence-corrected chi connectivity index (χ0v) is 25.6. The van der Waals surface area contributed by atoms with E-state index in [0.29, 0.717) is 6.54 Å². The van der Waals surface area contributed by atoms with Gasteiger partial charge in [0.2, 0.25) is 5.91 Å². The molecule has 0 unspecified atom stereocenters. The molecule has 10 heteroatoms. The molecular formula is C28H50N4O6. The fourth-order valence-corrected chi connectivity index (χ4v) is 5.27. The van der Waals surface area contributed by atoms with Crippen molar-refractivity contribution in [2.75, 3.05) is 27.2 Å². The van der Waals surface area contributed by atoms with Crippen LogP contribution in [0.2, 0.25) is 0 Å². The quantitative estimate of drug-likeness (QED) is 0.499. The van der Waals surface area contributed by atoms with Gasteiger partial charge in [-0.25, -0.2) is 14.4 Å². The number of methoxy groups -OCH3 is 1. The van der Waals surface area contributed by atoms with Crippen molar-refractivity contribution in [1.29, 1.82) is 0 Å². The Morgan fingerprint density at radius 2 is 1.53 bits per heavy atom. The van der Waals surface area contributed by atoms with Gasteiger partial charge in [0.15, 0.2) is 0 Å². The molecular weight excluding hydrogens is 488 g/mol. The molecule has 10 nitrogen and oxygen atoms in total. The van der Waals surface area contributed by atoms with Crippen LogP contribution in [0.3, 0.4) is 0 Å². The molecule has 4 amide bonds. The number of urea groups is 1. The van der Waals surface area contributed by atoms with E-state index < -0.39 is 52.7 Å². The van der Waals surface area contributed by atoms with Gasteiger partial charge in [0.1, 0.15) is 17.7 Å². The van der Waals surface area contributed by atoms with Gasteiger partial charge in [0.25, 0.3) is 0 Å². The van der Waals surface area contributed by atoms with Gasteiger partial charge in [-0.1, -0.05) is 55.4 Å². The number of nitrogens with one attached hydrogen (secondary N) is 2. The molecule has 1 heterocycles. The van der Waals surface area contributed by atoms with Crippen molar-refractivity contribution in [3.05, 3.63) is 0 Å². The number of esters is 1. The predicted molar refractivity (Wildman–Crippen MR) is 145 cm³/mol. The molecule has 2 rings (SSSR count). The summed E-state index contributed by atoms with van der Waals surface area (Å²) in [6, 6.07) is -2.49. The molecule has 1 aliphatic heterocycles. The molecule has 5 atom stereocenters. The summed E-state index contributed by atoms with van der Waals surface area (Å²) in [5, 5.41) is 5.84. The van der Waals surface area contributed by atoms with E-state index >= 15 is 0 Å². The second kappa shape index (κ2) is 10.6. The fraction of sp³-hybridized carbons (Fsp3) is 0.857. The van der Waals surface area contributed by atoms with E-state index in [-0.39, 0.29) is 29.7 Å². The van der Waals surface area contributed by atoms with Crippen molar-refractivity contribution in [2.24, 2.45) is 28.1 Å². The van der Waals surface area contributed by atoms with Gasteiger partial charge in [-0.15, -0.1) is 0 Å². The van der Waals surface area contributed by atoms with Crippen molar-refractivity contribution in [3.8, 4) is 0 Å². The van der Waals surface area contributed by atoms with Gasteiger partial charge >= 0.3 is 18.1 Å². The average molecular weight is 539 g/mol. The Morgan fingerprint density at radius 3 is 1.97 bits per heavy atom. The number of carbonyl (C=O) groups is 4. The number of hydrogen-bond acceptors (Lipinski definition) is 6. The number of ether oxygens (including phenoxy) is 2. The topological polar surface area (TPSA) is 117 Å². The zero-order valence-electron chi connectivity index (χ0n) is 25.6. The molecule has 1 saturated heterocycles. The Morgan fingerprint density at radius 1 is 0.974 bits per heavy atom. The minimum absolute atomic E-state index is 0.0300. The third-order valence-electron chi connectivity index (χ3n) is 7.83. The maximum absolute atomic E-state index is 13.8. The van der Waals surface area contributed by atoms with Gasteiger partial charge in [-0.05, 0) is 42.9 Å². The van der Waals surface area contributed by atoms with Gasteiger partial charge in [0.05, 0.1) is 13.2 Å². The highest BCUT2D eigenvalue weighted by atomic mass is 16.6. The third kappa shape index (κ3) is 7.11. The van der Waals surface area contributed by atoms with E-state index in [1.165, 1.54) is 12.0 Å². The molecule has 1 aliphatic carbocycles. The van der Waals surface area contributed by atoms with Gasteiger partial charge in [-0.3, -0.25) is 4.79 Å². The molecule has 0 spiro atoms. The van der Waals surface area contributed by atoms with Crippen LogP contribution < -0.4 is 10.6 Å². The first-order chi connectivity index (χ1) is 17.0. The second-order valence-corrected chi connectivity index (χ2v) is 14.6. The molecule has 1 saturated carbocycles. The van der Waals surface area contributed by atoms with E-state index in [0.717, 1.165) is 0 Å². The first-order valence-electron chi connectivity index (χ1n) is 13.4. The number of nitrogens with zero attached hydrogens (tertiary/aromatic N) is 2. The summed E-state index contributed by atoms with van der Waals surface area (Å²) in [6.45, 7) is 21.8. The molecule has 0 aromatic carbocycles. The largest absolute Gasteiger partial charge is 0.467 e. The summed E-state index contributed by atoms with van der Waals surface area (Å²) in [7, 11) is 2.96. The molecule has 38 heavy (non-hydrogen) atoms. The first kappa shape index (κ1) is 31.7. The Bertz CT molecular complexity index is 927. The van der Waals surface area contributed by atoms with Crippen molar-refractivity contribution in [3.63, 3.8) is 0 Å². The predicted octanol–water partition coefficient (Wildman–Crippen LogP) is 3.64. The van der Waals surface area contributed by atoms with Crippen LogP contribution in [0.25, 0.3) is 0 Å². The lowest BCUT2D eigenvalue weighted by Gasteiger charge is -2.38. The molecule has 2 N–H and O–H groups in total. The van der Waals surface area contributed by atoms with Crippen molar-refractivity contribution in [2.45, 2.75) is 99.9 Å². The molecule has 0 aromatic heterocycles. The van der Waals surface area contributed by atoms with Crippen LogP contribution in [0.4, 0.5) is 9.59 Å². The van der Waals surface area contributed by atoms with E-state index in [2.05, 4.69) is 24.5 Å². The van der Waals surface area contributed by atoms with Crippen LogP contribution in [-0.2, 0) is 19.1 Å². The molecule has 2 aliphatic rings. The van der Waals surface area contributed by atoms with Crippen molar-refractivity contribution >= 4 is 24.0 Å². The number of hydrogen-bond donors (Lipinski definition) is 2. The summed E-state index contributed by atoms with van der Waals surface area (Å²) < 4.78 is 10.5. The van der Waals surface area contributed by atoms with E-state index in [9.17, 15) is 19.2 Å². The van der Waals surface area contributed by atoms with Crippen LogP contribution in [0.15, 0.2) is 0 Å². The van der Waals surface area contributed by atoms with Crippen LogP contribution >= 0.6 is 0 Å². The summed E-state index contributed by atoms with van der Waals surface area (Å²) >= 11 is 0. The lowest BCUT2D eigenvalue weighted by atomic mass is 9.85. The Balaban J connectivity index is 2.19. The van der Waals surface area contributed by atoms with Crippen LogP contribution in [-0.4, -0.2) is 84.8 Å². The number of piperidine rings is 1. The summed E-state index contributed by atoms with van der Waals surface area (Å²) in [5.41, 5.74) is -1.69. The maximum Gasteiger partial charge on any atom is 0.410 e.